The number of nitrogens with one attached hydrogen (secondary N) is 2. The monoisotopic (exact) mass is 136 g/mol. The van der Waals surface area contributed by atoms with E-state index in [2.05, 4.69) is 10.6 Å². The molecule has 54 valence electrons. The Bertz CT molecular complexity index is 105. The van der Waals surface area contributed by atoms with Gasteiger partial charge in [0.2, 0.25) is 0 Å². The number of alkyl halides is 2. The van der Waals surface area contributed by atoms with Crippen LogP contribution in [-0.4, -0.2) is 32.1 Å². The highest BCUT2D eigenvalue weighted by Crippen LogP contribution is 2.20. The minimum absolute atomic E-state index is 0.196. The lowest BCUT2D eigenvalue weighted by atomic mass is 10.2. The third-order valence-electron chi connectivity index (χ3n) is 1.57. The van der Waals surface area contributed by atoms with Crippen molar-refractivity contribution in [3.8, 4) is 0 Å². The van der Waals surface area contributed by atoms with Gasteiger partial charge in [-0.2, -0.15) is 0 Å². The standard InChI is InChI=1S/C5H10F2N2/c1-8-4-2-9-3-5(4,6)7/h4,8-9H,2-3H2,1H3. The highest BCUT2D eigenvalue weighted by atomic mass is 19.3. The predicted octanol–water partition coefficient (Wildman–Crippen LogP) is -0.187. The number of halogens is 2. The second kappa shape index (κ2) is 2.19. The van der Waals surface area contributed by atoms with Gasteiger partial charge in [0, 0.05) is 6.54 Å². The largest absolute Gasteiger partial charge is 0.311 e. The minimum atomic E-state index is -2.56. The molecule has 1 unspecified atom stereocenters. The van der Waals surface area contributed by atoms with E-state index in [1.54, 1.807) is 7.05 Å². The van der Waals surface area contributed by atoms with Crippen LogP contribution in [0.3, 0.4) is 0 Å². The van der Waals surface area contributed by atoms with E-state index in [4.69, 9.17) is 0 Å². The summed E-state index contributed by atoms with van der Waals surface area (Å²) in [5.41, 5.74) is 0. The summed E-state index contributed by atoms with van der Waals surface area (Å²) in [4.78, 5) is 0. The second-order valence-corrected chi connectivity index (χ2v) is 2.23. The van der Waals surface area contributed by atoms with Crippen LogP contribution in [0.2, 0.25) is 0 Å². The second-order valence-electron chi connectivity index (χ2n) is 2.23. The molecule has 2 N–H and O–H groups in total. The van der Waals surface area contributed by atoms with Crippen molar-refractivity contribution in [3.63, 3.8) is 0 Å². The Hall–Kier alpha value is -0.220. The van der Waals surface area contributed by atoms with Crippen molar-refractivity contribution < 1.29 is 8.78 Å². The van der Waals surface area contributed by atoms with Gasteiger partial charge in [0.05, 0.1) is 12.6 Å². The van der Waals surface area contributed by atoms with Gasteiger partial charge in [0.15, 0.2) is 0 Å². The third kappa shape index (κ3) is 1.19. The van der Waals surface area contributed by atoms with Crippen LogP contribution in [0, 0.1) is 0 Å². The molecule has 1 heterocycles. The van der Waals surface area contributed by atoms with Crippen molar-refractivity contribution in [2.24, 2.45) is 0 Å². The van der Waals surface area contributed by atoms with Crippen LogP contribution in [-0.2, 0) is 0 Å². The maximum atomic E-state index is 12.5. The van der Waals surface area contributed by atoms with E-state index < -0.39 is 12.0 Å². The molecule has 0 aliphatic carbocycles. The Kier molecular flexibility index (Phi) is 1.68. The molecule has 0 spiro atoms. The van der Waals surface area contributed by atoms with Crippen LogP contribution >= 0.6 is 0 Å². The maximum absolute atomic E-state index is 12.5. The normalized spacial score (nSPS) is 33.0. The molecule has 0 radical (unpaired) electrons. The predicted molar refractivity (Wildman–Crippen MR) is 30.7 cm³/mol. The minimum Gasteiger partial charge on any atom is -0.311 e. The zero-order chi connectivity index (χ0) is 6.91. The van der Waals surface area contributed by atoms with Gasteiger partial charge in [-0.15, -0.1) is 0 Å². The Morgan fingerprint density at radius 3 is 2.56 bits per heavy atom. The first-order valence-electron chi connectivity index (χ1n) is 2.92. The smallest absolute Gasteiger partial charge is 0.276 e. The summed E-state index contributed by atoms with van der Waals surface area (Å²) < 4.78 is 25.0. The number of rotatable bonds is 1. The molecule has 1 aliphatic heterocycles. The molecule has 0 bridgehead atoms. The van der Waals surface area contributed by atoms with Crippen molar-refractivity contribution in [1.82, 2.24) is 10.6 Å². The quantitative estimate of drug-likeness (QED) is 0.522. The molecule has 1 atom stereocenters. The van der Waals surface area contributed by atoms with Gasteiger partial charge < -0.3 is 10.6 Å². The molecule has 4 heteroatoms. The van der Waals surface area contributed by atoms with E-state index >= 15 is 0 Å². The van der Waals surface area contributed by atoms with E-state index in [9.17, 15) is 8.78 Å². The summed E-state index contributed by atoms with van der Waals surface area (Å²) in [6.45, 7) is 0.169. The Morgan fingerprint density at radius 2 is 2.33 bits per heavy atom. The fourth-order valence-corrected chi connectivity index (χ4v) is 0.969. The van der Waals surface area contributed by atoms with Crippen LogP contribution in [0.25, 0.3) is 0 Å². The number of hydrogen-bond donors (Lipinski definition) is 2. The molecule has 2 nitrogen and oxygen atoms in total. The van der Waals surface area contributed by atoms with Crippen molar-refractivity contribution >= 4 is 0 Å². The van der Waals surface area contributed by atoms with Crippen LogP contribution in [0.4, 0.5) is 8.78 Å². The van der Waals surface area contributed by atoms with E-state index in [0.717, 1.165) is 0 Å². The zero-order valence-corrected chi connectivity index (χ0v) is 5.25. The lowest BCUT2D eigenvalue weighted by Gasteiger charge is -2.15. The van der Waals surface area contributed by atoms with Gasteiger partial charge in [-0.05, 0) is 7.05 Å². The summed E-state index contributed by atoms with van der Waals surface area (Å²) in [6, 6.07) is -0.683. The molecule has 1 rings (SSSR count). The Morgan fingerprint density at radius 1 is 1.67 bits per heavy atom. The van der Waals surface area contributed by atoms with Crippen molar-refractivity contribution in [3.05, 3.63) is 0 Å². The average Bonchev–Trinajstić information content (AvgIpc) is 2.08. The lowest BCUT2D eigenvalue weighted by molar-refractivity contribution is -0.000958. The SMILES string of the molecule is CNC1CNCC1(F)F. The van der Waals surface area contributed by atoms with Crippen LogP contribution in [0.15, 0.2) is 0 Å². The maximum Gasteiger partial charge on any atom is 0.276 e. The first-order chi connectivity index (χ1) is 4.17. The van der Waals surface area contributed by atoms with E-state index in [1.807, 2.05) is 0 Å². The van der Waals surface area contributed by atoms with Gasteiger partial charge in [0.25, 0.3) is 5.92 Å². The van der Waals surface area contributed by atoms with Gasteiger partial charge in [-0.1, -0.05) is 0 Å². The molecule has 1 fully saturated rings. The molecule has 0 amide bonds. The third-order valence-corrected chi connectivity index (χ3v) is 1.57. The van der Waals surface area contributed by atoms with Crippen LogP contribution in [0.5, 0.6) is 0 Å². The summed E-state index contributed by atoms with van der Waals surface area (Å²) in [5.74, 6) is -2.56. The summed E-state index contributed by atoms with van der Waals surface area (Å²) in [6.07, 6.45) is 0. The highest BCUT2D eigenvalue weighted by Gasteiger charge is 2.42. The van der Waals surface area contributed by atoms with Gasteiger partial charge in [-0.3, -0.25) is 0 Å². The molecular weight excluding hydrogens is 126 g/mol. The van der Waals surface area contributed by atoms with Gasteiger partial charge in [0.1, 0.15) is 0 Å². The number of hydrogen-bond acceptors (Lipinski definition) is 2. The van der Waals surface area contributed by atoms with Crippen LogP contribution in [0.1, 0.15) is 0 Å². The van der Waals surface area contributed by atoms with E-state index in [1.165, 1.54) is 0 Å². The van der Waals surface area contributed by atoms with Gasteiger partial charge in [-0.25, -0.2) is 8.78 Å². The molecule has 0 saturated carbocycles. The molecule has 0 aromatic rings. The molecule has 0 aromatic heterocycles. The topological polar surface area (TPSA) is 24.1 Å². The highest BCUT2D eigenvalue weighted by molar-refractivity contribution is 4.92. The Labute approximate surface area is 52.6 Å². The summed E-state index contributed by atoms with van der Waals surface area (Å²) >= 11 is 0. The Balaban J connectivity index is 2.52. The van der Waals surface area contributed by atoms with Gasteiger partial charge >= 0.3 is 0 Å². The van der Waals surface area contributed by atoms with E-state index in [0.29, 0.717) is 6.54 Å². The molecule has 9 heavy (non-hydrogen) atoms. The average molecular weight is 136 g/mol. The summed E-state index contributed by atoms with van der Waals surface area (Å²) in [5, 5.41) is 5.14. The van der Waals surface area contributed by atoms with Crippen molar-refractivity contribution in [1.29, 1.82) is 0 Å². The molecule has 1 aliphatic rings. The fraction of sp³-hybridized carbons (Fsp3) is 1.00. The molecule has 1 saturated heterocycles. The fourth-order valence-electron chi connectivity index (χ4n) is 0.969. The number of likely N-dealkylation sites (N-methyl/N-ethyl adjacent to an activating group) is 1. The van der Waals surface area contributed by atoms with E-state index in [-0.39, 0.29) is 6.54 Å². The first-order valence-corrected chi connectivity index (χ1v) is 2.92. The van der Waals surface area contributed by atoms with Crippen LogP contribution < -0.4 is 10.6 Å². The zero-order valence-electron chi connectivity index (χ0n) is 5.25. The van der Waals surface area contributed by atoms with Crippen molar-refractivity contribution in [2.45, 2.75) is 12.0 Å². The summed E-state index contributed by atoms with van der Waals surface area (Å²) in [7, 11) is 1.55. The first kappa shape index (κ1) is 6.89. The molecular formula is C5H10F2N2. The van der Waals surface area contributed by atoms with Crippen molar-refractivity contribution in [2.75, 3.05) is 20.1 Å². The molecule has 0 aromatic carbocycles. The lowest BCUT2D eigenvalue weighted by Crippen LogP contribution is -2.41.